The first-order chi connectivity index (χ1) is 6.79. The number of nitrogens with one attached hydrogen (secondary N) is 2. The van der Waals surface area contributed by atoms with E-state index in [4.69, 9.17) is 0 Å². The fourth-order valence-electron chi connectivity index (χ4n) is 1.12. The van der Waals surface area contributed by atoms with Gasteiger partial charge in [0, 0.05) is 0 Å². The second-order valence-electron chi connectivity index (χ2n) is 4.57. The Labute approximate surface area is 89.5 Å². The molecule has 1 rings (SSSR count). The SMILES string of the molecule is CC(C)(C)CS(=O)(=O)NCc1ncn[nH]1. The molecule has 1 aromatic rings. The number of hydrogen-bond donors (Lipinski definition) is 2. The summed E-state index contributed by atoms with van der Waals surface area (Å²) in [5, 5.41) is 6.21. The van der Waals surface area contributed by atoms with E-state index in [1.54, 1.807) is 0 Å². The van der Waals surface area contributed by atoms with Crippen molar-refractivity contribution in [2.24, 2.45) is 5.41 Å². The zero-order valence-electron chi connectivity index (χ0n) is 9.11. The second-order valence-corrected chi connectivity index (χ2v) is 6.38. The summed E-state index contributed by atoms with van der Waals surface area (Å²) in [6.45, 7) is 5.78. The molecule has 0 aliphatic rings. The number of sulfonamides is 1. The lowest BCUT2D eigenvalue weighted by Gasteiger charge is -2.17. The molecule has 86 valence electrons. The van der Waals surface area contributed by atoms with Crippen LogP contribution in [0.1, 0.15) is 26.6 Å². The molecular weight excluding hydrogens is 216 g/mol. The highest BCUT2D eigenvalue weighted by atomic mass is 32.2. The van der Waals surface area contributed by atoms with Crippen LogP contribution in [0.25, 0.3) is 0 Å². The highest BCUT2D eigenvalue weighted by Crippen LogP contribution is 2.15. The van der Waals surface area contributed by atoms with Gasteiger partial charge in [0.05, 0.1) is 12.3 Å². The van der Waals surface area contributed by atoms with Gasteiger partial charge in [-0.3, -0.25) is 5.10 Å². The monoisotopic (exact) mass is 232 g/mol. The summed E-state index contributed by atoms with van der Waals surface area (Å²) in [4.78, 5) is 3.82. The highest BCUT2D eigenvalue weighted by Gasteiger charge is 2.21. The molecule has 0 spiro atoms. The number of aromatic nitrogens is 3. The molecular formula is C8H16N4O2S. The van der Waals surface area contributed by atoms with Gasteiger partial charge in [-0.1, -0.05) is 20.8 Å². The molecule has 0 bridgehead atoms. The second kappa shape index (κ2) is 4.28. The Morgan fingerprint density at radius 1 is 1.47 bits per heavy atom. The van der Waals surface area contributed by atoms with E-state index in [2.05, 4.69) is 19.9 Å². The maximum atomic E-state index is 11.6. The van der Waals surface area contributed by atoms with E-state index in [0.29, 0.717) is 5.82 Å². The van der Waals surface area contributed by atoms with Crippen LogP contribution >= 0.6 is 0 Å². The standard InChI is InChI=1S/C8H16N4O2S/c1-8(2,3)5-15(13,14)11-4-7-9-6-10-12-7/h6,11H,4-5H2,1-3H3,(H,9,10,12). The van der Waals surface area contributed by atoms with Gasteiger partial charge in [-0.05, 0) is 5.41 Å². The predicted octanol–water partition coefficient (Wildman–Crippen LogP) is 0.270. The van der Waals surface area contributed by atoms with Crippen LogP contribution in [0.2, 0.25) is 0 Å². The minimum atomic E-state index is -3.25. The first-order valence-electron chi connectivity index (χ1n) is 4.60. The van der Waals surface area contributed by atoms with E-state index in [-0.39, 0.29) is 17.7 Å². The first-order valence-corrected chi connectivity index (χ1v) is 6.25. The molecule has 0 fully saturated rings. The lowest BCUT2D eigenvalue weighted by atomic mass is 10.0. The van der Waals surface area contributed by atoms with Gasteiger partial charge in [-0.15, -0.1) is 0 Å². The number of H-pyrrole nitrogens is 1. The van der Waals surface area contributed by atoms with Crippen LogP contribution in [0, 0.1) is 5.41 Å². The van der Waals surface area contributed by atoms with Crippen LogP contribution in [-0.2, 0) is 16.6 Å². The molecule has 7 heteroatoms. The lowest BCUT2D eigenvalue weighted by molar-refractivity contribution is 0.457. The Morgan fingerprint density at radius 2 is 2.13 bits per heavy atom. The fourth-order valence-corrected chi connectivity index (χ4v) is 2.71. The van der Waals surface area contributed by atoms with Gasteiger partial charge in [0.15, 0.2) is 0 Å². The fraction of sp³-hybridized carbons (Fsp3) is 0.750. The quantitative estimate of drug-likeness (QED) is 0.780. The van der Waals surface area contributed by atoms with Gasteiger partial charge >= 0.3 is 0 Å². The van der Waals surface area contributed by atoms with Crippen molar-refractivity contribution in [3.05, 3.63) is 12.2 Å². The van der Waals surface area contributed by atoms with Gasteiger partial charge in [-0.25, -0.2) is 18.1 Å². The molecule has 2 N–H and O–H groups in total. The molecule has 0 unspecified atom stereocenters. The third-order valence-corrected chi connectivity index (χ3v) is 3.38. The summed E-state index contributed by atoms with van der Waals surface area (Å²) in [5.74, 6) is 0.598. The maximum Gasteiger partial charge on any atom is 0.212 e. The number of rotatable bonds is 4. The molecule has 0 saturated heterocycles. The van der Waals surface area contributed by atoms with Crippen LogP contribution in [0.4, 0.5) is 0 Å². The molecule has 0 amide bonds. The van der Waals surface area contributed by atoms with E-state index in [1.807, 2.05) is 20.8 Å². The molecule has 0 radical (unpaired) electrons. The van der Waals surface area contributed by atoms with Crippen LogP contribution in [0.3, 0.4) is 0 Å². The number of aromatic amines is 1. The van der Waals surface area contributed by atoms with Crippen molar-refractivity contribution in [3.63, 3.8) is 0 Å². The third kappa shape index (κ3) is 4.89. The van der Waals surface area contributed by atoms with Gasteiger partial charge in [-0.2, -0.15) is 5.10 Å². The summed E-state index contributed by atoms with van der Waals surface area (Å²) >= 11 is 0. The van der Waals surface area contributed by atoms with E-state index >= 15 is 0 Å². The molecule has 1 heterocycles. The van der Waals surface area contributed by atoms with E-state index in [1.165, 1.54) is 6.33 Å². The minimum Gasteiger partial charge on any atom is -0.262 e. The summed E-state index contributed by atoms with van der Waals surface area (Å²) in [7, 11) is -3.25. The zero-order chi connectivity index (χ0) is 11.5. The average Bonchev–Trinajstić information content (AvgIpc) is 2.47. The largest absolute Gasteiger partial charge is 0.262 e. The minimum absolute atomic E-state index is 0.0914. The Balaban J connectivity index is 2.51. The Hall–Kier alpha value is -0.950. The van der Waals surface area contributed by atoms with Gasteiger partial charge in [0.2, 0.25) is 10.0 Å². The van der Waals surface area contributed by atoms with Crippen LogP contribution < -0.4 is 4.72 Å². The highest BCUT2D eigenvalue weighted by molar-refractivity contribution is 7.89. The van der Waals surface area contributed by atoms with Gasteiger partial charge in [0.25, 0.3) is 0 Å². The van der Waals surface area contributed by atoms with Crippen molar-refractivity contribution < 1.29 is 8.42 Å². The first kappa shape index (κ1) is 12.1. The number of nitrogens with zero attached hydrogens (tertiary/aromatic N) is 2. The Morgan fingerprint density at radius 3 is 2.60 bits per heavy atom. The van der Waals surface area contributed by atoms with Crippen molar-refractivity contribution >= 4 is 10.0 Å². The van der Waals surface area contributed by atoms with Crippen molar-refractivity contribution in [1.82, 2.24) is 19.9 Å². The van der Waals surface area contributed by atoms with Gasteiger partial charge in [0.1, 0.15) is 12.2 Å². The predicted molar refractivity (Wildman–Crippen MR) is 56.5 cm³/mol. The summed E-state index contributed by atoms with van der Waals surface area (Å²) in [5.41, 5.74) is -0.257. The normalized spacial score (nSPS) is 13.0. The van der Waals surface area contributed by atoms with Crippen molar-refractivity contribution in [2.75, 3.05) is 5.75 Å². The summed E-state index contributed by atoms with van der Waals surface area (Å²) in [6.07, 6.45) is 1.34. The van der Waals surface area contributed by atoms with Crippen molar-refractivity contribution in [2.45, 2.75) is 27.3 Å². The molecule has 0 aliphatic carbocycles. The molecule has 0 aromatic carbocycles. The summed E-state index contributed by atoms with van der Waals surface area (Å²) < 4.78 is 25.6. The van der Waals surface area contributed by atoms with Crippen LogP contribution in [0.5, 0.6) is 0 Å². The molecule has 6 nitrogen and oxygen atoms in total. The zero-order valence-corrected chi connectivity index (χ0v) is 9.93. The average molecular weight is 232 g/mol. The van der Waals surface area contributed by atoms with Crippen molar-refractivity contribution in [1.29, 1.82) is 0 Å². The third-order valence-electron chi connectivity index (χ3n) is 1.55. The Bertz CT molecular complexity index is 391. The maximum absolute atomic E-state index is 11.6. The number of hydrogen-bond acceptors (Lipinski definition) is 4. The molecule has 15 heavy (non-hydrogen) atoms. The topological polar surface area (TPSA) is 87.7 Å². The van der Waals surface area contributed by atoms with Crippen molar-refractivity contribution in [3.8, 4) is 0 Å². The molecule has 0 aliphatic heterocycles. The van der Waals surface area contributed by atoms with Crippen LogP contribution in [-0.4, -0.2) is 29.4 Å². The Kier molecular flexibility index (Phi) is 3.46. The summed E-state index contributed by atoms with van der Waals surface area (Å²) in [6, 6.07) is 0. The van der Waals surface area contributed by atoms with E-state index in [0.717, 1.165) is 0 Å². The van der Waals surface area contributed by atoms with Gasteiger partial charge < -0.3 is 0 Å². The smallest absolute Gasteiger partial charge is 0.212 e. The molecule has 0 saturated carbocycles. The van der Waals surface area contributed by atoms with E-state index in [9.17, 15) is 8.42 Å². The molecule has 1 aromatic heterocycles. The lowest BCUT2D eigenvalue weighted by Crippen LogP contribution is -2.32. The molecule has 0 atom stereocenters. The van der Waals surface area contributed by atoms with E-state index < -0.39 is 10.0 Å². The van der Waals surface area contributed by atoms with Crippen LogP contribution in [0.15, 0.2) is 6.33 Å².